The summed E-state index contributed by atoms with van der Waals surface area (Å²) >= 11 is 2.97. The van der Waals surface area contributed by atoms with Crippen LogP contribution in [-0.4, -0.2) is 40.4 Å². The molecule has 5 nitrogen and oxygen atoms in total. The van der Waals surface area contributed by atoms with Crippen LogP contribution in [0.4, 0.5) is 0 Å². The fraction of sp³-hybridized carbons (Fsp3) is 0.273. The molecule has 0 aliphatic heterocycles. The number of hydrogen-bond acceptors (Lipinski definition) is 6. The summed E-state index contributed by atoms with van der Waals surface area (Å²) in [5.74, 6) is -0.347. The van der Waals surface area contributed by atoms with E-state index in [4.69, 9.17) is 10.2 Å². The van der Waals surface area contributed by atoms with E-state index in [9.17, 15) is 4.79 Å². The van der Waals surface area contributed by atoms with Crippen molar-refractivity contribution in [2.75, 3.05) is 13.2 Å². The molecule has 0 aromatic carbocycles. The number of rotatable bonds is 5. The smallest absolute Gasteiger partial charge is 0.270 e. The van der Waals surface area contributed by atoms with Crippen LogP contribution < -0.4 is 5.32 Å². The first-order chi connectivity index (χ1) is 8.70. The Morgan fingerprint density at radius 1 is 1.50 bits per heavy atom. The molecule has 96 valence electrons. The zero-order valence-electron chi connectivity index (χ0n) is 9.37. The van der Waals surface area contributed by atoms with Crippen LogP contribution in [0.1, 0.15) is 10.5 Å². The van der Waals surface area contributed by atoms with E-state index >= 15 is 0 Å². The predicted octanol–water partition coefficient (Wildman–Crippen LogP) is 0.955. The minimum atomic E-state index is -0.941. The van der Waals surface area contributed by atoms with E-state index in [0.717, 1.165) is 10.6 Å². The molecule has 0 fully saturated rings. The third kappa shape index (κ3) is 3.14. The van der Waals surface area contributed by atoms with Crippen molar-refractivity contribution in [1.82, 2.24) is 10.3 Å². The molecule has 3 N–H and O–H groups in total. The molecule has 1 amide bonds. The number of aliphatic hydroxyl groups excluding tert-OH is 2. The normalized spacial score (nSPS) is 12.3. The highest BCUT2D eigenvalue weighted by atomic mass is 32.1. The van der Waals surface area contributed by atoms with Gasteiger partial charge in [-0.3, -0.25) is 4.79 Å². The van der Waals surface area contributed by atoms with Crippen LogP contribution >= 0.6 is 22.7 Å². The van der Waals surface area contributed by atoms with Crippen molar-refractivity contribution >= 4 is 28.6 Å². The highest BCUT2D eigenvalue weighted by Crippen LogP contribution is 2.25. The summed E-state index contributed by atoms with van der Waals surface area (Å²) in [5.41, 5.74) is 1.32. The number of aliphatic hydroxyl groups is 2. The van der Waals surface area contributed by atoms with E-state index in [1.54, 1.807) is 16.7 Å². The molecule has 18 heavy (non-hydrogen) atoms. The van der Waals surface area contributed by atoms with Crippen LogP contribution in [0.25, 0.3) is 10.6 Å². The molecule has 0 aliphatic carbocycles. The third-order valence-corrected chi connectivity index (χ3v) is 3.79. The number of hydrogen-bond donors (Lipinski definition) is 3. The SMILES string of the molecule is O=C(NCC(O)CO)c1csc(-c2ccsc2)n1. The van der Waals surface area contributed by atoms with Crippen LogP contribution in [0.2, 0.25) is 0 Å². The lowest BCUT2D eigenvalue weighted by molar-refractivity contribution is 0.0799. The van der Waals surface area contributed by atoms with Gasteiger partial charge in [-0.15, -0.1) is 11.3 Å². The first kappa shape index (κ1) is 13.2. The molecule has 0 aliphatic rings. The summed E-state index contributed by atoms with van der Waals surface area (Å²) < 4.78 is 0. The Kier molecular flexibility index (Phi) is 4.43. The average molecular weight is 284 g/mol. The van der Waals surface area contributed by atoms with Gasteiger partial charge in [-0.25, -0.2) is 4.98 Å². The predicted molar refractivity (Wildman–Crippen MR) is 70.9 cm³/mol. The van der Waals surface area contributed by atoms with Crippen molar-refractivity contribution in [3.63, 3.8) is 0 Å². The minimum Gasteiger partial charge on any atom is -0.394 e. The summed E-state index contributed by atoms with van der Waals surface area (Å²) in [4.78, 5) is 15.9. The van der Waals surface area contributed by atoms with Crippen LogP contribution in [0.5, 0.6) is 0 Å². The zero-order valence-corrected chi connectivity index (χ0v) is 11.0. The second-order valence-corrected chi connectivity index (χ2v) is 5.23. The first-order valence-electron chi connectivity index (χ1n) is 5.26. The number of thiazole rings is 1. The van der Waals surface area contributed by atoms with E-state index in [-0.39, 0.29) is 19.1 Å². The quantitative estimate of drug-likeness (QED) is 0.763. The number of carbonyl (C=O) groups excluding carboxylic acids is 1. The van der Waals surface area contributed by atoms with Gasteiger partial charge in [0.25, 0.3) is 5.91 Å². The lowest BCUT2D eigenvalue weighted by Crippen LogP contribution is -2.34. The standard InChI is InChI=1S/C11H12N2O3S2/c14-4-8(15)3-12-10(16)9-6-18-11(13-9)7-1-2-17-5-7/h1-2,5-6,8,14-15H,3-4H2,(H,12,16). The molecule has 0 spiro atoms. The van der Waals surface area contributed by atoms with E-state index in [1.165, 1.54) is 11.3 Å². The van der Waals surface area contributed by atoms with Crippen LogP contribution in [0.3, 0.4) is 0 Å². The van der Waals surface area contributed by atoms with Crippen molar-refractivity contribution in [3.8, 4) is 10.6 Å². The number of nitrogens with zero attached hydrogens (tertiary/aromatic N) is 1. The highest BCUT2D eigenvalue weighted by molar-refractivity contribution is 7.14. The van der Waals surface area contributed by atoms with E-state index < -0.39 is 6.10 Å². The maximum atomic E-state index is 11.7. The molecule has 2 aromatic heterocycles. The number of nitrogens with one attached hydrogen (secondary N) is 1. The molecule has 0 saturated heterocycles. The van der Waals surface area contributed by atoms with E-state index in [2.05, 4.69) is 10.3 Å². The zero-order chi connectivity index (χ0) is 13.0. The molecule has 7 heteroatoms. The number of carbonyl (C=O) groups is 1. The fourth-order valence-electron chi connectivity index (χ4n) is 1.26. The van der Waals surface area contributed by atoms with Crippen molar-refractivity contribution < 1.29 is 15.0 Å². The molecule has 1 atom stereocenters. The summed E-state index contributed by atoms with van der Waals surface area (Å²) in [7, 11) is 0. The molecule has 2 heterocycles. The van der Waals surface area contributed by atoms with Gasteiger partial charge < -0.3 is 15.5 Å². The van der Waals surface area contributed by atoms with Gasteiger partial charge in [-0.2, -0.15) is 11.3 Å². The van der Waals surface area contributed by atoms with Crippen LogP contribution in [0.15, 0.2) is 22.2 Å². The van der Waals surface area contributed by atoms with Gasteiger partial charge >= 0.3 is 0 Å². The molecule has 2 aromatic rings. The first-order valence-corrected chi connectivity index (χ1v) is 7.08. The van der Waals surface area contributed by atoms with Crippen molar-refractivity contribution in [2.24, 2.45) is 0 Å². The third-order valence-electron chi connectivity index (χ3n) is 2.21. The highest BCUT2D eigenvalue weighted by Gasteiger charge is 2.13. The lowest BCUT2D eigenvalue weighted by atomic mass is 10.3. The van der Waals surface area contributed by atoms with Crippen LogP contribution in [-0.2, 0) is 0 Å². The molecular formula is C11H12N2O3S2. The monoisotopic (exact) mass is 284 g/mol. The van der Waals surface area contributed by atoms with Gasteiger partial charge in [0.1, 0.15) is 10.7 Å². The number of aromatic nitrogens is 1. The topological polar surface area (TPSA) is 82.5 Å². The summed E-state index contributed by atoms with van der Waals surface area (Å²) in [6, 6.07) is 1.95. The average Bonchev–Trinajstić information content (AvgIpc) is 3.04. The maximum Gasteiger partial charge on any atom is 0.270 e. The lowest BCUT2D eigenvalue weighted by Gasteiger charge is -2.07. The Morgan fingerprint density at radius 3 is 3.00 bits per heavy atom. The second kappa shape index (κ2) is 6.05. The largest absolute Gasteiger partial charge is 0.394 e. The van der Waals surface area contributed by atoms with Crippen molar-refractivity contribution in [2.45, 2.75) is 6.10 Å². The molecular weight excluding hydrogens is 272 g/mol. The summed E-state index contributed by atoms with van der Waals surface area (Å²) in [5, 5.41) is 26.7. The van der Waals surface area contributed by atoms with Gasteiger partial charge in [0.2, 0.25) is 0 Å². The minimum absolute atomic E-state index is 0.0145. The van der Waals surface area contributed by atoms with Gasteiger partial charge in [-0.1, -0.05) is 0 Å². The molecule has 2 rings (SSSR count). The van der Waals surface area contributed by atoms with Gasteiger partial charge in [0.15, 0.2) is 0 Å². The van der Waals surface area contributed by atoms with Gasteiger partial charge in [0, 0.05) is 22.9 Å². The maximum absolute atomic E-state index is 11.7. The Labute approximate surface area is 112 Å². The second-order valence-electron chi connectivity index (χ2n) is 3.60. The Hall–Kier alpha value is -1.28. The number of thiophene rings is 1. The Balaban J connectivity index is 1.99. The summed E-state index contributed by atoms with van der Waals surface area (Å²) in [6.07, 6.45) is -0.941. The van der Waals surface area contributed by atoms with Gasteiger partial charge in [0.05, 0.1) is 12.7 Å². The Morgan fingerprint density at radius 2 is 2.33 bits per heavy atom. The number of amides is 1. The van der Waals surface area contributed by atoms with E-state index in [0.29, 0.717) is 5.69 Å². The molecule has 0 saturated carbocycles. The molecule has 0 bridgehead atoms. The summed E-state index contributed by atoms with van der Waals surface area (Å²) in [6.45, 7) is -0.363. The van der Waals surface area contributed by atoms with Crippen LogP contribution in [0, 0.1) is 0 Å². The molecule has 0 radical (unpaired) electrons. The van der Waals surface area contributed by atoms with Crippen molar-refractivity contribution in [1.29, 1.82) is 0 Å². The molecule has 1 unspecified atom stereocenters. The van der Waals surface area contributed by atoms with Gasteiger partial charge in [-0.05, 0) is 11.4 Å². The van der Waals surface area contributed by atoms with Crippen molar-refractivity contribution in [3.05, 3.63) is 27.9 Å². The van der Waals surface area contributed by atoms with E-state index in [1.807, 2.05) is 16.8 Å². The Bertz CT molecular complexity index is 510. The fourth-order valence-corrected chi connectivity index (χ4v) is 2.77.